The normalized spacial score (nSPS) is 43.5. The van der Waals surface area contributed by atoms with Gasteiger partial charge in [-0.2, -0.15) is 0 Å². The van der Waals surface area contributed by atoms with Crippen LogP contribution in [0.25, 0.3) is 0 Å². The molecule has 3 heteroatoms. The third-order valence-electron chi connectivity index (χ3n) is 10.4. The van der Waals surface area contributed by atoms with Crippen LogP contribution in [0.4, 0.5) is 0 Å². The quantitative estimate of drug-likeness (QED) is 0.523. The average Bonchev–Trinajstić information content (AvgIpc) is 3.26. The third-order valence-corrected chi connectivity index (χ3v) is 10.4. The van der Waals surface area contributed by atoms with Crippen LogP contribution in [0.15, 0.2) is 0 Å². The molecule has 0 N–H and O–H groups in total. The Morgan fingerprint density at radius 3 is 1.48 bits per heavy atom. The maximum absolute atomic E-state index is 2.55. The second-order valence-electron chi connectivity index (χ2n) is 13.3. The molecule has 178 valence electrons. The first-order valence-corrected chi connectivity index (χ1v) is 14.0. The largest absolute Gasteiger partial charge is 0.306 e. The van der Waals surface area contributed by atoms with Crippen molar-refractivity contribution in [3.63, 3.8) is 0 Å². The molecule has 7 fully saturated rings. The molecule has 3 saturated heterocycles. The minimum Gasteiger partial charge on any atom is -0.306 e. The van der Waals surface area contributed by atoms with E-state index in [1.807, 2.05) is 0 Å². The van der Waals surface area contributed by atoms with Crippen LogP contribution in [0, 0.1) is 40.9 Å². The second-order valence-corrected chi connectivity index (χ2v) is 13.3. The topological polar surface area (TPSA) is 9.72 Å². The molecule has 4 saturated carbocycles. The van der Waals surface area contributed by atoms with Crippen molar-refractivity contribution in [2.75, 3.05) is 60.4 Å². The lowest BCUT2D eigenvalue weighted by molar-refractivity contribution is -0.0436. The van der Waals surface area contributed by atoms with E-state index in [0.717, 1.165) is 40.9 Å². The van der Waals surface area contributed by atoms with Crippen molar-refractivity contribution in [1.82, 2.24) is 14.7 Å². The van der Waals surface area contributed by atoms with Crippen LogP contribution >= 0.6 is 0 Å². The highest BCUT2D eigenvalue weighted by atomic mass is 15.2. The van der Waals surface area contributed by atoms with Crippen molar-refractivity contribution in [1.29, 1.82) is 0 Å². The second kappa shape index (κ2) is 9.63. The van der Waals surface area contributed by atoms with E-state index in [1.54, 1.807) is 25.7 Å². The maximum atomic E-state index is 2.55. The number of piperidine rings is 1. The van der Waals surface area contributed by atoms with Crippen LogP contribution in [0.1, 0.15) is 77.0 Å². The molecule has 6 atom stereocenters. The van der Waals surface area contributed by atoms with Gasteiger partial charge in [0.25, 0.3) is 0 Å². The summed E-state index contributed by atoms with van der Waals surface area (Å²) in [6.45, 7) is 8.30. The van der Waals surface area contributed by atoms with Crippen molar-refractivity contribution < 1.29 is 0 Å². The van der Waals surface area contributed by atoms with Crippen molar-refractivity contribution in [3.8, 4) is 0 Å². The van der Waals surface area contributed by atoms with E-state index in [2.05, 4.69) is 35.8 Å². The lowest BCUT2D eigenvalue weighted by Crippen LogP contribution is -2.57. The summed E-state index contributed by atoms with van der Waals surface area (Å²) in [7, 11) is 6.78. The predicted molar refractivity (Wildman–Crippen MR) is 131 cm³/mol. The van der Waals surface area contributed by atoms with E-state index in [-0.39, 0.29) is 0 Å². The Bertz CT molecular complexity index is 543. The number of likely N-dealkylation sites (tertiary alicyclic amines) is 3. The number of rotatable bonds is 0. The molecule has 4 aliphatic carbocycles. The molecule has 31 heavy (non-hydrogen) atoms. The van der Waals surface area contributed by atoms with Gasteiger partial charge in [0, 0.05) is 39.3 Å². The standard InChI is InChI=1S/C12H21N.C9H17N.C7H13N/c1-13-7-11-5-9-3-2-4-10(9)6-12(11)8-13;1-10-6-8-3-2-4-9(5-8)7-10;1-8-5-7(6-8)3-2-4-7/h9-12H,2-8H2,1H3;8-9H,2-7H2,1H3;2-6H2,1H3. The predicted octanol–water partition coefficient (Wildman–Crippen LogP) is 5.21. The molecule has 6 unspecified atom stereocenters. The van der Waals surface area contributed by atoms with Gasteiger partial charge in [0.1, 0.15) is 0 Å². The van der Waals surface area contributed by atoms with Gasteiger partial charge in [0.15, 0.2) is 0 Å². The van der Waals surface area contributed by atoms with Crippen LogP contribution in [0.3, 0.4) is 0 Å². The van der Waals surface area contributed by atoms with E-state index in [9.17, 15) is 0 Å². The molecule has 2 bridgehead atoms. The molecule has 0 amide bonds. The highest BCUT2D eigenvalue weighted by Gasteiger charge is 2.45. The SMILES string of the molecule is CN1CC2(CCC2)C1.CN1CC2CC3CCCC3CC2C1.CN1CC2CCCC(C2)C1. The minimum atomic E-state index is 0.842. The van der Waals surface area contributed by atoms with Gasteiger partial charge in [-0.1, -0.05) is 32.1 Å². The third kappa shape index (κ3) is 5.35. The number of hydrogen-bond donors (Lipinski definition) is 0. The van der Waals surface area contributed by atoms with E-state index >= 15 is 0 Å². The van der Waals surface area contributed by atoms with Gasteiger partial charge in [0.2, 0.25) is 0 Å². The van der Waals surface area contributed by atoms with Gasteiger partial charge in [-0.15, -0.1) is 0 Å². The zero-order valence-electron chi connectivity index (χ0n) is 21.0. The molecule has 1 spiro atoms. The zero-order chi connectivity index (χ0) is 21.4. The van der Waals surface area contributed by atoms with Crippen LogP contribution in [-0.2, 0) is 0 Å². The Balaban J connectivity index is 0.000000102. The molecule has 3 heterocycles. The van der Waals surface area contributed by atoms with Gasteiger partial charge < -0.3 is 14.7 Å². The average molecular weight is 430 g/mol. The van der Waals surface area contributed by atoms with Gasteiger partial charge in [0.05, 0.1) is 0 Å². The fourth-order valence-electron chi connectivity index (χ4n) is 9.00. The Hall–Kier alpha value is -0.120. The summed E-state index contributed by atoms with van der Waals surface area (Å²) in [6.07, 6.45) is 18.3. The smallest absolute Gasteiger partial charge is 0.00474 e. The number of fused-ring (bicyclic) bond motifs is 4. The molecule has 7 rings (SSSR count). The first kappa shape index (κ1) is 22.7. The molecule has 0 aromatic rings. The van der Waals surface area contributed by atoms with Gasteiger partial charge >= 0.3 is 0 Å². The number of hydrogen-bond acceptors (Lipinski definition) is 3. The fourth-order valence-corrected chi connectivity index (χ4v) is 9.00. The maximum Gasteiger partial charge on any atom is 0.00474 e. The molecule has 7 aliphatic rings. The summed E-state index contributed by atoms with van der Waals surface area (Å²) in [4.78, 5) is 7.48. The molecule has 0 radical (unpaired) electrons. The summed E-state index contributed by atoms with van der Waals surface area (Å²) in [5, 5.41) is 0. The van der Waals surface area contributed by atoms with Crippen LogP contribution in [0.2, 0.25) is 0 Å². The molecule has 3 aliphatic heterocycles. The summed E-state index contributed by atoms with van der Waals surface area (Å²) in [5.74, 6) is 6.52. The molecular weight excluding hydrogens is 378 g/mol. The van der Waals surface area contributed by atoms with Gasteiger partial charge in [-0.25, -0.2) is 0 Å². The number of nitrogens with zero attached hydrogens (tertiary/aromatic N) is 3. The summed E-state index contributed by atoms with van der Waals surface area (Å²) < 4.78 is 0. The lowest BCUT2D eigenvalue weighted by Gasteiger charge is -2.54. The summed E-state index contributed by atoms with van der Waals surface area (Å²) in [6, 6.07) is 0. The Kier molecular flexibility index (Phi) is 7.04. The van der Waals surface area contributed by atoms with E-state index in [4.69, 9.17) is 0 Å². The zero-order valence-corrected chi connectivity index (χ0v) is 21.0. The molecular formula is C28H51N3. The van der Waals surface area contributed by atoms with Crippen molar-refractivity contribution in [2.45, 2.75) is 77.0 Å². The van der Waals surface area contributed by atoms with Crippen molar-refractivity contribution >= 4 is 0 Å². The van der Waals surface area contributed by atoms with E-state index < -0.39 is 0 Å². The van der Waals surface area contributed by atoms with Crippen LogP contribution < -0.4 is 0 Å². The first-order valence-electron chi connectivity index (χ1n) is 14.0. The highest BCUT2D eigenvalue weighted by Crippen LogP contribution is 2.49. The summed E-state index contributed by atoms with van der Waals surface area (Å²) >= 11 is 0. The molecule has 0 aromatic heterocycles. The van der Waals surface area contributed by atoms with Gasteiger partial charge in [-0.3, -0.25) is 0 Å². The van der Waals surface area contributed by atoms with Crippen LogP contribution in [-0.4, -0.2) is 75.1 Å². The fraction of sp³-hybridized carbons (Fsp3) is 1.00. The van der Waals surface area contributed by atoms with Gasteiger partial charge in [-0.05, 0) is 107 Å². The van der Waals surface area contributed by atoms with Crippen LogP contribution in [0.5, 0.6) is 0 Å². The molecule has 3 nitrogen and oxygen atoms in total. The highest BCUT2D eigenvalue weighted by molar-refractivity contribution is 4.99. The van der Waals surface area contributed by atoms with Crippen molar-refractivity contribution in [3.05, 3.63) is 0 Å². The molecule has 0 aromatic carbocycles. The van der Waals surface area contributed by atoms with Crippen molar-refractivity contribution in [2.24, 2.45) is 40.9 Å². The minimum absolute atomic E-state index is 0.842. The first-order chi connectivity index (χ1) is 15.0. The Morgan fingerprint density at radius 1 is 0.516 bits per heavy atom. The lowest BCUT2D eigenvalue weighted by atomic mass is 9.64. The Labute approximate surface area is 193 Å². The summed E-state index contributed by atoms with van der Waals surface area (Å²) in [5.41, 5.74) is 0.842. The van der Waals surface area contributed by atoms with E-state index in [1.165, 1.54) is 90.6 Å². The Morgan fingerprint density at radius 2 is 1.03 bits per heavy atom. The van der Waals surface area contributed by atoms with E-state index in [0.29, 0.717) is 0 Å². The monoisotopic (exact) mass is 429 g/mol.